The first-order valence-corrected chi connectivity index (χ1v) is 6.22. The minimum atomic E-state index is -1.02. The predicted molar refractivity (Wildman–Crippen MR) is 70.7 cm³/mol. The number of carbonyl (C=O) groups excluding carboxylic acids is 1. The molecule has 0 aromatic carbocycles. The number of pyridine rings is 1. The van der Waals surface area contributed by atoms with Gasteiger partial charge in [-0.25, -0.2) is 9.59 Å². The lowest BCUT2D eigenvalue weighted by Gasteiger charge is -2.14. The molecule has 6 nitrogen and oxygen atoms in total. The Morgan fingerprint density at radius 1 is 1.42 bits per heavy atom. The van der Waals surface area contributed by atoms with Crippen molar-refractivity contribution in [3.8, 4) is 0 Å². The summed E-state index contributed by atoms with van der Waals surface area (Å²) >= 11 is 0. The summed E-state index contributed by atoms with van der Waals surface area (Å²) in [5.74, 6) is -1.02. The van der Waals surface area contributed by atoms with Crippen LogP contribution in [0.1, 0.15) is 31.2 Å². The van der Waals surface area contributed by atoms with Crippen LogP contribution in [0, 0.1) is 6.92 Å². The molecule has 0 aliphatic heterocycles. The van der Waals surface area contributed by atoms with Gasteiger partial charge in [-0.1, -0.05) is 19.4 Å². The van der Waals surface area contributed by atoms with Crippen LogP contribution in [0.2, 0.25) is 0 Å². The van der Waals surface area contributed by atoms with Gasteiger partial charge in [0.2, 0.25) is 0 Å². The molecule has 6 heteroatoms. The highest BCUT2D eigenvalue weighted by molar-refractivity contribution is 5.82. The zero-order chi connectivity index (χ0) is 14.3. The van der Waals surface area contributed by atoms with E-state index < -0.39 is 18.0 Å². The van der Waals surface area contributed by atoms with Crippen molar-refractivity contribution < 1.29 is 14.7 Å². The number of urea groups is 1. The zero-order valence-electron chi connectivity index (χ0n) is 11.1. The van der Waals surface area contributed by atoms with E-state index in [2.05, 4.69) is 15.6 Å². The summed E-state index contributed by atoms with van der Waals surface area (Å²) in [5.41, 5.74) is 1.60. The molecule has 1 atom stereocenters. The van der Waals surface area contributed by atoms with Crippen molar-refractivity contribution in [1.29, 1.82) is 0 Å². The maximum absolute atomic E-state index is 11.6. The molecule has 0 fully saturated rings. The summed E-state index contributed by atoms with van der Waals surface area (Å²) in [7, 11) is 0. The Morgan fingerprint density at radius 2 is 2.16 bits per heavy atom. The molecule has 0 aliphatic rings. The summed E-state index contributed by atoms with van der Waals surface area (Å²) in [5, 5.41) is 13.9. The maximum Gasteiger partial charge on any atom is 0.326 e. The van der Waals surface area contributed by atoms with Crippen molar-refractivity contribution in [3.05, 3.63) is 29.6 Å². The third kappa shape index (κ3) is 5.37. The molecule has 2 amide bonds. The van der Waals surface area contributed by atoms with Crippen LogP contribution in [0.5, 0.6) is 0 Å². The normalized spacial score (nSPS) is 11.7. The van der Waals surface area contributed by atoms with Gasteiger partial charge in [0.15, 0.2) is 0 Å². The topological polar surface area (TPSA) is 91.3 Å². The van der Waals surface area contributed by atoms with Crippen molar-refractivity contribution >= 4 is 12.0 Å². The number of nitrogens with zero attached hydrogens (tertiary/aromatic N) is 1. The highest BCUT2D eigenvalue weighted by Gasteiger charge is 2.18. The molecule has 104 valence electrons. The lowest BCUT2D eigenvalue weighted by Crippen LogP contribution is -2.45. The smallest absolute Gasteiger partial charge is 0.326 e. The van der Waals surface area contributed by atoms with Crippen molar-refractivity contribution in [1.82, 2.24) is 15.6 Å². The lowest BCUT2D eigenvalue weighted by atomic mass is 10.2. The van der Waals surface area contributed by atoms with E-state index in [4.69, 9.17) is 5.11 Å². The number of aliphatic carboxylic acids is 1. The van der Waals surface area contributed by atoms with Crippen molar-refractivity contribution in [2.45, 2.75) is 39.3 Å². The molecule has 1 aromatic rings. The van der Waals surface area contributed by atoms with Crippen LogP contribution < -0.4 is 10.6 Å². The van der Waals surface area contributed by atoms with Gasteiger partial charge < -0.3 is 15.7 Å². The van der Waals surface area contributed by atoms with Gasteiger partial charge in [-0.15, -0.1) is 0 Å². The molecular formula is C13H19N3O3. The number of carbonyl (C=O) groups is 2. The van der Waals surface area contributed by atoms with Gasteiger partial charge in [0, 0.05) is 5.69 Å². The molecule has 0 aliphatic carbocycles. The molecule has 0 bridgehead atoms. The molecule has 1 rings (SSSR count). The number of amides is 2. The summed E-state index contributed by atoms with van der Waals surface area (Å²) in [4.78, 5) is 26.7. The average molecular weight is 265 g/mol. The monoisotopic (exact) mass is 265 g/mol. The summed E-state index contributed by atoms with van der Waals surface area (Å²) in [6.45, 7) is 4.00. The molecule has 0 unspecified atom stereocenters. The lowest BCUT2D eigenvalue weighted by molar-refractivity contribution is -0.139. The minimum absolute atomic E-state index is 0.270. The number of hydrogen-bond acceptors (Lipinski definition) is 3. The Morgan fingerprint density at radius 3 is 2.74 bits per heavy atom. The Hall–Kier alpha value is -2.11. The number of aryl methyl sites for hydroxylation is 1. The van der Waals surface area contributed by atoms with E-state index in [1.165, 1.54) is 0 Å². The van der Waals surface area contributed by atoms with Crippen LogP contribution in [0.3, 0.4) is 0 Å². The van der Waals surface area contributed by atoms with E-state index in [-0.39, 0.29) is 6.54 Å². The van der Waals surface area contributed by atoms with Crippen molar-refractivity contribution in [2.75, 3.05) is 0 Å². The quantitative estimate of drug-likeness (QED) is 0.726. The van der Waals surface area contributed by atoms with E-state index >= 15 is 0 Å². The van der Waals surface area contributed by atoms with Crippen LogP contribution >= 0.6 is 0 Å². The molecular weight excluding hydrogens is 246 g/mol. The van der Waals surface area contributed by atoms with Crippen LogP contribution in [0.4, 0.5) is 4.79 Å². The van der Waals surface area contributed by atoms with E-state index in [9.17, 15) is 9.59 Å². The number of aromatic nitrogens is 1. The maximum atomic E-state index is 11.6. The van der Waals surface area contributed by atoms with Gasteiger partial charge in [-0.2, -0.15) is 0 Å². The number of carboxylic acids is 1. The first-order chi connectivity index (χ1) is 9.02. The second kappa shape index (κ2) is 7.35. The van der Waals surface area contributed by atoms with E-state index in [0.29, 0.717) is 12.8 Å². The second-order valence-electron chi connectivity index (χ2n) is 4.28. The van der Waals surface area contributed by atoms with E-state index in [0.717, 1.165) is 11.4 Å². The van der Waals surface area contributed by atoms with E-state index in [1.807, 2.05) is 26.0 Å². The molecule has 0 saturated heterocycles. The fourth-order valence-corrected chi connectivity index (χ4v) is 1.62. The number of hydrogen-bond donors (Lipinski definition) is 3. The Balaban J connectivity index is 2.44. The molecule has 19 heavy (non-hydrogen) atoms. The zero-order valence-corrected chi connectivity index (χ0v) is 11.1. The van der Waals surface area contributed by atoms with Gasteiger partial charge in [-0.05, 0) is 25.5 Å². The van der Waals surface area contributed by atoms with Gasteiger partial charge in [0.1, 0.15) is 6.04 Å². The molecule has 3 N–H and O–H groups in total. The first-order valence-electron chi connectivity index (χ1n) is 6.22. The summed E-state index contributed by atoms with van der Waals surface area (Å²) in [6, 6.07) is 4.17. The van der Waals surface area contributed by atoms with Crippen LogP contribution in [-0.2, 0) is 11.3 Å². The predicted octanol–water partition coefficient (Wildman–Crippen LogP) is 1.44. The second-order valence-corrected chi connectivity index (χ2v) is 4.28. The molecule has 1 aromatic heterocycles. The highest BCUT2D eigenvalue weighted by Crippen LogP contribution is 1.99. The van der Waals surface area contributed by atoms with Crippen molar-refractivity contribution in [3.63, 3.8) is 0 Å². The molecule has 0 radical (unpaired) electrons. The largest absolute Gasteiger partial charge is 0.480 e. The van der Waals surface area contributed by atoms with Crippen molar-refractivity contribution in [2.24, 2.45) is 0 Å². The number of nitrogens with one attached hydrogen (secondary N) is 2. The fraction of sp³-hybridized carbons (Fsp3) is 0.462. The number of carboxylic acid groups (broad SMARTS) is 1. The minimum Gasteiger partial charge on any atom is -0.480 e. The fourth-order valence-electron chi connectivity index (χ4n) is 1.62. The molecule has 0 saturated carbocycles. The average Bonchev–Trinajstić information content (AvgIpc) is 2.36. The Kier molecular flexibility index (Phi) is 5.78. The Bertz CT molecular complexity index is 449. The third-order valence-electron chi connectivity index (χ3n) is 2.56. The van der Waals surface area contributed by atoms with Gasteiger partial charge in [0.25, 0.3) is 0 Å². The third-order valence-corrected chi connectivity index (χ3v) is 2.56. The molecule has 0 spiro atoms. The van der Waals surface area contributed by atoms with Gasteiger partial charge in [-0.3, -0.25) is 4.98 Å². The SMILES string of the molecule is CCC[C@@H](NC(=O)NCc1cccc(C)n1)C(=O)O. The standard InChI is InChI=1S/C13H19N3O3/c1-3-5-11(12(17)18)16-13(19)14-8-10-7-4-6-9(2)15-10/h4,6-7,11H,3,5,8H2,1-2H3,(H,17,18)(H2,14,16,19)/t11-/m1/s1. The van der Waals surface area contributed by atoms with Crippen LogP contribution in [-0.4, -0.2) is 28.1 Å². The van der Waals surface area contributed by atoms with Crippen LogP contribution in [0.15, 0.2) is 18.2 Å². The summed E-state index contributed by atoms with van der Waals surface area (Å²) in [6.07, 6.45) is 1.10. The van der Waals surface area contributed by atoms with Crippen LogP contribution in [0.25, 0.3) is 0 Å². The Labute approximate surface area is 112 Å². The first kappa shape index (κ1) is 14.9. The van der Waals surface area contributed by atoms with E-state index in [1.54, 1.807) is 6.07 Å². The molecule has 1 heterocycles. The highest BCUT2D eigenvalue weighted by atomic mass is 16.4. The van der Waals surface area contributed by atoms with Gasteiger partial charge >= 0.3 is 12.0 Å². The van der Waals surface area contributed by atoms with Gasteiger partial charge in [0.05, 0.1) is 12.2 Å². The summed E-state index contributed by atoms with van der Waals surface area (Å²) < 4.78 is 0. The number of rotatable bonds is 6.